The Balaban J connectivity index is 0.000000131. The van der Waals surface area contributed by atoms with Gasteiger partial charge in [0.05, 0.1) is 28.8 Å². The van der Waals surface area contributed by atoms with Gasteiger partial charge in [-0.15, -0.1) is 0 Å². The van der Waals surface area contributed by atoms with E-state index >= 15 is 0 Å². The molecule has 17 nitrogen and oxygen atoms in total. The Bertz CT molecular complexity index is 2210. The van der Waals surface area contributed by atoms with Gasteiger partial charge in [0.1, 0.15) is 41.6 Å². The number of fused-ring (bicyclic) bond motifs is 3. The molecule has 0 unspecified atom stereocenters. The molecule has 6 aromatic rings. The van der Waals surface area contributed by atoms with Crippen LogP contribution in [0.1, 0.15) is 93.2 Å². The Hall–Kier alpha value is -4.94. The van der Waals surface area contributed by atoms with Crippen LogP contribution in [-0.2, 0) is 9.53 Å². The van der Waals surface area contributed by atoms with Crippen molar-refractivity contribution in [1.82, 2.24) is 44.9 Å². The maximum Gasteiger partial charge on any atom is 0.302 e. The van der Waals surface area contributed by atoms with Gasteiger partial charge in [0, 0.05) is 73.2 Å². The highest BCUT2D eigenvalue weighted by molar-refractivity contribution is 6.33. The Morgan fingerprint density at radius 2 is 1.12 bits per heavy atom. The lowest BCUT2D eigenvalue weighted by atomic mass is 9.96. The van der Waals surface area contributed by atoms with E-state index in [1.807, 2.05) is 18.6 Å². The van der Waals surface area contributed by atoms with Crippen molar-refractivity contribution in [3.8, 4) is 0 Å². The van der Waals surface area contributed by atoms with Crippen molar-refractivity contribution >= 4 is 62.3 Å². The fourth-order valence-corrected chi connectivity index (χ4v) is 9.23. The molecular formula is C39H50ClN11O6. The van der Waals surface area contributed by atoms with Crippen LogP contribution in [-0.4, -0.2) is 103 Å². The maximum absolute atomic E-state index is 11.4. The fraction of sp³-hybridized carbons (Fsp3) is 0.513. The number of nitrogen functional groups attached to an aromatic ring is 2. The van der Waals surface area contributed by atoms with Gasteiger partial charge in [-0.25, -0.2) is 29.9 Å². The van der Waals surface area contributed by atoms with Crippen LogP contribution in [0.4, 0.5) is 11.6 Å². The standard InChI is InChI=1S/C15H18ClN3O2.2C12H16N4O2/c1-3-9-4-10(12(5-9)21-8(2)20)11-6-17-14-13(11)18-7-19-15(14)16;2*13-12-11-10(15-5-16-12)8(3-14-11)7-1-6(4-17)2-9(7)18/h6-7,9-10,12,17H,3-5H2,1-2H3;2*3,5-7,9,14,17-18H,1-2,4H2,(H2,13,15,16)/t9-,10-,12+;2*6-,7-,9+/m000/s1. The highest BCUT2D eigenvalue weighted by atomic mass is 35.5. The van der Waals surface area contributed by atoms with Crippen molar-refractivity contribution in [1.29, 1.82) is 0 Å². The SMILES string of the molecule is CC[C@@H]1C[C@@H](OC(C)=O)[C@H](c2c[nH]c3c(Cl)ncnc23)C1.Nc1ncnc2c([C@@H]3C[C@H](CO)C[C@H]3O)c[nH]c12.Nc1ncnc2c([C@@H]3C[C@H](CO)C[C@H]3O)c[nH]c12. The number of hydrogen-bond acceptors (Lipinski definition) is 14. The largest absolute Gasteiger partial charge is 0.462 e. The van der Waals surface area contributed by atoms with Crippen LogP contribution in [0.3, 0.4) is 0 Å². The molecule has 11 N–H and O–H groups in total. The summed E-state index contributed by atoms with van der Waals surface area (Å²) in [5, 5.41) is 39.0. The van der Waals surface area contributed by atoms with Crippen molar-refractivity contribution in [3.63, 3.8) is 0 Å². The summed E-state index contributed by atoms with van der Waals surface area (Å²) in [6.07, 6.45) is 14.8. The molecule has 3 aliphatic rings. The second-order valence-corrected chi connectivity index (χ2v) is 15.8. The molecule has 0 saturated heterocycles. The van der Waals surface area contributed by atoms with Gasteiger partial charge >= 0.3 is 5.97 Å². The fourth-order valence-electron chi connectivity index (χ4n) is 9.04. The zero-order valence-corrected chi connectivity index (χ0v) is 32.6. The Labute approximate surface area is 333 Å². The second kappa shape index (κ2) is 17.3. The van der Waals surface area contributed by atoms with E-state index in [1.165, 1.54) is 25.9 Å². The number of nitrogens with one attached hydrogen (secondary N) is 3. The first-order valence-corrected chi connectivity index (χ1v) is 19.8. The number of H-pyrrole nitrogens is 3. The number of carbonyl (C=O) groups excluding carboxylic acids is 1. The third-order valence-corrected chi connectivity index (χ3v) is 12.2. The van der Waals surface area contributed by atoms with Gasteiger partial charge < -0.3 is 51.6 Å². The molecule has 9 atom stereocenters. The molecule has 3 saturated carbocycles. The first kappa shape index (κ1) is 40.3. The number of esters is 1. The second-order valence-electron chi connectivity index (χ2n) is 15.5. The number of aromatic amines is 3. The first-order chi connectivity index (χ1) is 27.5. The number of aromatic nitrogens is 9. The van der Waals surface area contributed by atoms with Crippen LogP contribution in [0.5, 0.6) is 0 Å². The van der Waals surface area contributed by atoms with Gasteiger partial charge in [0.2, 0.25) is 0 Å². The molecule has 0 aliphatic heterocycles. The average Bonchev–Trinajstić information content (AvgIpc) is 4.05. The summed E-state index contributed by atoms with van der Waals surface area (Å²) in [5.74, 6) is 1.67. The maximum atomic E-state index is 11.4. The third kappa shape index (κ3) is 8.25. The highest BCUT2D eigenvalue weighted by Gasteiger charge is 2.39. The summed E-state index contributed by atoms with van der Waals surface area (Å²) < 4.78 is 5.53. The van der Waals surface area contributed by atoms with Crippen LogP contribution in [0, 0.1) is 17.8 Å². The molecule has 0 bridgehead atoms. The lowest BCUT2D eigenvalue weighted by Crippen LogP contribution is -2.19. The molecule has 0 radical (unpaired) electrons. The highest BCUT2D eigenvalue weighted by Crippen LogP contribution is 2.45. The quantitative estimate of drug-likeness (QED) is 0.0807. The number of halogens is 1. The van der Waals surface area contributed by atoms with E-state index < -0.39 is 12.2 Å². The normalized spacial score (nSPS) is 27.0. The van der Waals surface area contributed by atoms with Crippen LogP contribution in [0.2, 0.25) is 5.15 Å². The number of aliphatic hydroxyl groups is 4. The van der Waals surface area contributed by atoms with Gasteiger partial charge in [-0.1, -0.05) is 24.9 Å². The van der Waals surface area contributed by atoms with Crippen molar-refractivity contribution in [2.45, 2.75) is 94.9 Å². The van der Waals surface area contributed by atoms with Gasteiger partial charge in [0.25, 0.3) is 0 Å². The number of rotatable bonds is 7. The van der Waals surface area contributed by atoms with Gasteiger partial charge in [-0.3, -0.25) is 4.79 Å². The van der Waals surface area contributed by atoms with E-state index in [0.29, 0.717) is 46.6 Å². The Morgan fingerprint density at radius 3 is 1.58 bits per heavy atom. The van der Waals surface area contributed by atoms with Crippen molar-refractivity contribution < 1.29 is 30.0 Å². The van der Waals surface area contributed by atoms with E-state index in [9.17, 15) is 25.2 Å². The number of hydrogen-bond donors (Lipinski definition) is 9. The zero-order chi connectivity index (χ0) is 40.4. The predicted molar refractivity (Wildman–Crippen MR) is 214 cm³/mol. The summed E-state index contributed by atoms with van der Waals surface area (Å²) in [6, 6.07) is 0. The number of nitrogens with two attached hydrogens (primary N) is 2. The number of carbonyl (C=O) groups is 1. The number of aliphatic hydroxyl groups excluding tert-OH is 4. The summed E-state index contributed by atoms with van der Waals surface area (Å²) in [4.78, 5) is 45.3. The van der Waals surface area contributed by atoms with Crippen LogP contribution in [0.15, 0.2) is 37.6 Å². The minimum Gasteiger partial charge on any atom is -0.462 e. The summed E-state index contributed by atoms with van der Waals surface area (Å²) in [7, 11) is 0. The molecule has 18 heteroatoms. The van der Waals surface area contributed by atoms with Crippen molar-refractivity contribution in [2.24, 2.45) is 17.8 Å². The molecule has 6 heterocycles. The summed E-state index contributed by atoms with van der Waals surface area (Å²) >= 11 is 6.09. The molecule has 57 heavy (non-hydrogen) atoms. The molecular weight excluding hydrogens is 754 g/mol. The molecule has 304 valence electrons. The predicted octanol–water partition coefficient (Wildman–Crippen LogP) is 4.22. The molecule has 0 aromatic carbocycles. The first-order valence-electron chi connectivity index (χ1n) is 19.4. The van der Waals surface area contributed by atoms with Crippen molar-refractivity contribution in [2.75, 3.05) is 24.7 Å². The monoisotopic (exact) mass is 803 g/mol. The van der Waals surface area contributed by atoms with Gasteiger partial charge in [-0.2, -0.15) is 0 Å². The molecule has 6 aromatic heterocycles. The smallest absolute Gasteiger partial charge is 0.302 e. The summed E-state index contributed by atoms with van der Waals surface area (Å²) in [5.41, 5.74) is 19.1. The molecule has 3 aliphatic carbocycles. The molecule has 3 fully saturated rings. The van der Waals surface area contributed by atoms with E-state index in [2.05, 4.69) is 51.8 Å². The molecule has 9 rings (SSSR count). The zero-order valence-electron chi connectivity index (χ0n) is 31.8. The minimum absolute atomic E-state index is 0.00481. The third-order valence-electron chi connectivity index (χ3n) is 12.0. The van der Waals surface area contributed by atoms with Crippen molar-refractivity contribution in [3.05, 3.63) is 59.4 Å². The Kier molecular flexibility index (Phi) is 12.2. The van der Waals surface area contributed by atoms with Crippen LogP contribution < -0.4 is 11.5 Å². The van der Waals surface area contributed by atoms with E-state index in [0.717, 1.165) is 70.9 Å². The molecule has 0 amide bonds. The summed E-state index contributed by atoms with van der Waals surface area (Å²) in [6.45, 7) is 3.87. The average molecular weight is 804 g/mol. The lowest BCUT2D eigenvalue weighted by molar-refractivity contribution is -0.146. The number of nitrogens with zero attached hydrogens (tertiary/aromatic N) is 6. The van der Waals surface area contributed by atoms with E-state index in [-0.39, 0.29) is 54.9 Å². The minimum atomic E-state index is -0.433. The van der Waals surface area contributed by atoms with Gasteiger partial charge in [0.15, 0.2) is 16.8 Å². The van der Waals surface area contributed by atoms with E-state index in [1.54, 1.807) is 0 Å². The number of anilines is 2. The van der Waals surface area contributed by atoms with E-state index in [4.69, 9.17) is 27.8 Å². The molecule has 0 spiro atoms. The number of ether oxygens (including phenoxy) is 1. The Morgan fingerprint density at radius 1 is 0.684 bits per heavy atom. The van der Waals surface area contributed by atoms with Crippen LogP contribution >= 0.6 is 11.6 Å². The topological polar surface area (TPSA) is 284 Å². The lowest BCUT2D eigenvalue weighted by Gasteiger charge is -2.18. The van der Waals surface area contributed by atoms with Crippen LogP contribution in [0.25, 0.3) is 33.1 Å². The van der Waals surface area contributed by atoms with Gasteiger partial charge in [-0.05, 0) is 56.3 Å².